The van der Waals surface area contributed by atoms with Crippen molar-refractivity contribution in [1.82, 2.24) is 0 Å². The van der Waals surface area contributed by atoms with Gasteiger partial charge in [0.25, 0.3) is 0 Å². The molecule has 0 radical (unpaired) electrons. The van der Waals surface area contributed by atoms with Crippen molar-refractivity contribution < 1.29 is 48.6 Å². The summed E-state index contributed by atoms with van der Waals surface area (Å²) in [4.78, 5) is 25.9. The molecule has 2 aliphatic carbocycles. The van der Waals surface area contributed by atoms with Crippen molar-refractivity contribution in [2.75, 3.05) is 19.8 Å². The van der Waals surface area contributed by atoms with Gasteiger partial charge in [-0.15, -0.1) is 0 Å². The van der Waals surface area contributed by atoms with Crippen molar-refractivity contribution in [3.8, 4) is 0 Å². The Morgan fingerprint density at radius 1 is 1.03 bits per heavy atom. The maximum absolute atomic E-state index is 13.0. The maximum atomic E-state index is 13.0. The average molecular weight is 547 g/mol. The van der Waals surface area contributed by atoms with Gasteiger partial charge in [-0.1, -0.05) is 31.2 Å². The first kappa shape index (κ1) is 28.2. The van der Waals surface area contributed by atoms with Crippen LogP contribution in [0.15, 0.2) is 47.6 Å². The van der Waals surface area contributed by atoms with Crippen LogP contribution >= 0.6 is 0 Å². The average Bonchev–Trinajstić information content (AvgIpc) is 3.65. The second-order valence-electron chi connectivity index (χ2n) is 11.7. The van der Waals surface area contributed by atoms with E-state index in [-0.39, 0.29) is 25.7 Å². The monoisotopic (exact) mass is 546 g/mol. The van der Waals surface area contributed by atoms with Crippen molar-refractivity contribution >= 4 is 11.9 Å². The molecule has 0 aromatic heterocycles. The molecule has 2 spiro atoms. The van der Waals surface area contributed by atoms with Crippen molar-refractivity contribution in [3.63, 3.8) is 0 Å². The highest BCUT2D eigenvalue weighted by Gasteiger charge is 2.83. The summed E-state index contributed by atoms with van der Waals surface area (Å²) in [7, 11) is 0. The molecule has 0 aromatic carbocycles. The summed E-state index contributed by atoms with van der Waals surface area (Å²) in [6, 6.07) is 0. The zero-order valence-electron chi connectivity index (χ0n) is 22.7. The summed E-state index contributed by atoms with van der Waals surface area (Å²) >= 11 is 0. The fourth-order valence-corrected chi connectivity index (χ4v) is 6.84. The van der Waals surface area contributed by atoms with Gasteiger partial charge in [0.2, 0.25) is 0 Å². The molecule has 2 bridgehead atoms. The predicted molar refractivity (Wildman–Crippen MR) is 137 cm³/mol. The van der Waals surface area contributed by atoms with Crippen molar-refractivity contribution in [1.29, 1.82) is 0 Å². The quantitative estimate of drug-likeness (QED) is 0.250. The maximum Gasteiger partial charge on any atom is 0.331 e. The number of esters is 2. The van der Waals surface area contributed by atoms with Crippen LogP contribution in [0, 0.1) is 10.8 Å². The number of cyclic esters (lactones) is 1. The number of hydrogen-bond acceptors (Lipinski definition) is 10. The molecule has 2 saturated heterocycles. The number of aliphatic hydroxyl groups excluding tert-OH is 3. The molecule has 1 saturated carbocycles. The second-order valence-corrected chi connectivity index (χ2v) is 11.7. The third-order valence-corrected chi connectivity index (χ3v) is 9.48. The third-order valence-electron chi connectivity index (χ3n) is 9.48. The lowest BCUT2D eigenvalue weighted by Crippen LogP contribution is -2.68. The smallest absolute Gasteiger partial charge is 0.331 e. The van der Waals surface area contributed by atoms with E-state index in [4.69, 9.17) is 23.7 Å². The van der Waals surface area contributed by atoms with E-state index in [1.54, 1.807) is 26.0 Å². The molecule has 214 valence electrons. The molecular weight excluding hydrogens is 508 g/mol. The first-order chi connectivity index (χ1) is 18.4. The molecular formula is C29H38O10. The zero-order valence-corrected chi connectivity index (χ0v) is 22.7. The molecule has 0 unspecified atom stereocenters. The molecule has 10 atom stereocenters. The number of ether oxygens (including phenoxy) is 5. The van der Waals surface area contributed by atoms with E-state index in [9.17, 15) is 24.9 Å². The SMILES string of the molecule is CC1=C[C@H]2O[C@@H]3C[C@H]4OC(=O)/C=C\C=C\[C@H]([C@@H](C)O)OC[C@H](O)/C(C)=C/C(=O)OC[C@@]2(C[C@H]1O)[C@]4(C)[C@]31CO1. The van der Waals surface area contributed by atoms with Gasteiger partial charge in [0.15, 0.2) is 0 Å². The number of rotatable bonds is 1. The van der Waals surface area contributed by atoms with Gasteiger partial charge >= 0.3 is 11.9 Å². The number of carbonyl (C=O) groups is 2. The van der Waals surface area contributed by atoms with Gasteiger partial charge in [-0.05, 0) is 38.3 Å². The van der Waals surface area contributed by atoms with Gasteiger partial charge in [0.05, 0.1) is 49.1 Å². The number of hydrogen-bond donors (Lipinski definition) is 3. The topological polar surface area (TPSA) is 144 Å². The van der Waals surface area contributed by atoms with E-state index >= 15 is 0 Å². The van der Waals surface area contributed by atoms with Crippen LogP contribution < -0.4 is 0 Å². The lowest BCUT2D eigenvalue weighted by atomic mass is 9.51. The normalized spacial score (nSPS) is 48.3. The van der Waals surface area contributed by atoms with E-state index in [0.29, 0.717) is 18.6 Å². The Labute approximate surface area is 227 Å². The van der Waals surface area contributed by atoms with Crippen molar-refractivity contribution in [2.45, 2.75) is 88.9 Å². The molecule has 3 N–H and O–H groups in total. The summed E-state index contributed by atoms with van der Waals surface area (Å²) in [6.45, 7) is 7.09. The minimum atomic E-state index is -1.11. The van der Waals surface area contributed by atoms with Gasteiger partial charge in [-0.2, -0.15) is 0 Å². The van der Waals surface area contributed by atoms with Crippen LogP contribution in [0.2, 0.25) is 0 Å². The second kappa shape index (κ2) is 10.2. The highest BCUT2D eigenvalue weighted by molar-refractivity contribution is 5.83. The predicted octanol–water partition coefficient (Wildman–Crippen LogP) is 1.28. The van der Waals surface area contributed by atoms with E-state index in [1.807, 2.05) is 19.9 Å². The van der Waals surface area contributed by atoms with E-state index in [1.165, 1.54) is 18.2 Å². The summed E-state index contributed by atoms with van der Waals surface area (Å²) in [5.41, 5.74) is -1.40. The molecule has 10 nitrogen and oxygen atoms in total. The lowest BCUT2D eigenvalue weighted by Gasteiger charge is -2.58. The van der Waals surface area contributed by atoms with Crippen LogP contribution in [0.5, 0.6) is 0 Å². The standard InChI is InChI=1S/C29H38O10/c1-16-9-23-28(12-19(16)31)14-36-26(34)10-17(2)20(32)13-35-21(18(3)30)7-5-6-8-25(33)39-22-11-24(38-23)29(15-37-29)27(22,28)4/h5-10,18-24,30-32H,11-15H2,1-4H3/b7-5+,8-6-,17-10+/t18-,19-,20+,21-,22-,23-,24-,27-,28-,29+/m1/s1. The minimum absolute atomic E-state index is 0.112. The molecule has 3 fully saturated rings. The van der Waals surface area contributed by atoms with Gasteiger partial charge in [-0.25, -0.2) is 9.59 Å². The highest BCUT2D eigenvalue weighted by Crippen LogP contribution is 2.72. The number of allylic oxidation sites excluding steroid dienone is 2. The summed E-state index contributed by atoms with van der Waals surface area (Å²) in [6.07, 6.45) is 4.68. The molecule has 39 heavy (non-hydrogen) atoms. The van der Waals surface area contributed by atoms with Crippen LogP contribution in [-0.2, 0) is 33.3 Å². The van der Waals surface area contributed by atoms with Gasteiger partial charge in [-0.3, -0.25) is 0 Å². The Kier molecular flexibility index (Phi) is 7.41. The first-order valence-electron chi connectivity index (χ1n) is 13.5. The Bertz CT molecular complexity index is 1120. The minimum Gasteiger partial charge on any atom is -0.462 e. The van der Waals surface area contributed by atoms with Crippen molar-refractivity contribution in [2.24, 2.45) is 10.8 Å². The van der Waals surface area contributed by atoms with Crippen LogP contribution in [0.4, 0.5) is 0 Å². The number of carbonyl (C=O) groups excluding carboxylic acids is 2. The summed E-state index contributed by atoms with van der Waals surface area (Å²) in [5.74, 6) is -1.23. The number of epoxide rings is 1. The molecule has 3 heterocycles. The molecule has 0 amide bonds. The molecule has 3 aliphatic heterocycles. The van der Waals surface area contributed by atoms with E-state index in [2.05, 4.69) is 0 Å². The third kappa shape index (κ3) is 4.61. The molecule has 5 rings (SSSR count). The van der Waals surface area contributed by atoms with Crippen LogP contribution in [0.25, 0.3) is 0 Å². The largest absolute Gasteiger partial charge is 0.462 e. The van der Waals surface area contributed by atoms with Crippen LogP contribution in [0.3, 0.4) is 0 Å². The highest BCUT2D eigenvalue weighted by atomic mass is 16.6. The zero-order chi connectivity index (χ0) is 28.2. The summed E-state index contributed by atoms with van der Waals surface area (Å²) < 4.78 is 30.1. The summed E-state index contributed by atoms with van der Waals surface area (Å²) in [5, 5.41) is 31.6. The Balaban J connectivity index is 1.54. The van der Waals surface area contributed by atoms with Crippen LogP contribution in [-0.4, -0.2) is 95.4 Å². The molecule has 10 heteroatoms. The van der Waals surface area contributed by atoms with Crippen molar-refractivity contribution in [3.05, 3.63) is 47.6 Å². The number of aliphatic hydroxyl groups is 3. The van der Waals surface area contributed by atoms with Gasteiger partial charge < -0.3 is 39.0 Å². The fourth-order valence-electron chi connectivity index (χ4n) is 6.84. The Hall–Kier alpha value is -2.34. The first-order valence-corrected chi connectivity index (χ1v) is 13.5. The Morgan fingerprint density at radius 2 is 1.77 bits per heavy atom. The molecule has 0 aromatic rings. The molecule has 5 aliphatic rings. The fraction of sp³-hybridized carbons (Fsp3) is 0.655. The van der Waals surface area contributed by atoms with Crippen LogP contribution in [0.1, 0.15) is 40.5 Å². The van der Waals surface area contributed by atoms with Gasteiger partial charge in [0.1, 0.15) is 24.4 Å². The van der Waals surface area contributed by atoms with E-state index in [0.717, 1.165) is 5.57 Å². The van der Waals surface area contributed by atoms with E-state index < -0.39 is 65.0 Å². The Morgan fingerprint density at radius 3 is 2.46 bits per heavy atom. The van der Waals surface area contributed by atoms with Gasteiger partial charge in [0, 0.05) is 24.0 Å². The lowest BCUT2D eigenvalue weighted by molar-refractivity contribution is -0.238.